The third-order valence-corrected chi connectivity index (χ3v) is 6.94. The maximum absolute atomic E-state index is 13.4. The van der Waals surface area contributed by atoms with E-state index in [2.05, 4.69) is 10.4 Å². The number of urea groups is 1. The van der Waals surface area contributed by atoms with Gasteiger partial charge in [-0.05, 0) is 43.3 Å². The number of hydrogen-bond donors (Lipinski definition) is 1. The molecule has 0 aromatic carbocycles. The lowest BCUT2D eigenvalue weighted by Crippen LogP contribution is -2.55. The number of likely N-dealkylation sites (tertiary alicyclic amines) is 1. The molecule has 0 unspecified atom stereocenters. The first-order valence-electron chi connectivity index (χ1n) is 10.8. The van der Waals surface area contributed by atoms with Gasteiger partial charge in [0.1, 0.15) is 11.6 Å². The van der Waals surface area contributed by atoms with Crippen molar-refractivity contribution in [2.24, 2.45) is 0 Å². The van der Waals surface area contributed by atoms with Crippen LogP contribution in [0.1, 0.15) is 25.3 Å². The average Bonchev–Trinajstić information content (AvgIpc) is 3.34. The monoisotopic (exact) mass is 451 g/mol. The number of nitrogens with zero attached hydrogens (tertiary/aromatic N) is 5. The Morgan fingerprint density at radius 3 is 2.72 bits per heavy atom. The van der Waals surface area contributed by atoms with Gasteiger partial charge >= 0.3 is 6.03 Å². The summed E-state index contributed by atoms with van der Waals surface area (Å²) in [5.74, 6) is -0.261. The smallest absolute Gasteiger partial charge is 0.324 e. The predicted molar refractivity (Wildman–Crippen MR) is 123 cm³/mol. The van der Waals surface area contributed by atoms with E-state index in [-0.39, 0.29) is 18.0 Å². The highest BCUT2D eigenvalue weighted by molar-refractivity contribution is 7.08. The van der Waals surface area contributed by atoms with Gasteiger partial charge in [-0.1, -0.05) is 0 Å². The fourth-order valence-corrected chi connectivity index (χ4v) is 5.25. The minimum atomic E-state index is -1.01. The van der Waals surface area contributed by atoms with Crippen molar-refractivity contribution in [3.63, 3.8) is 0 Å². The summed E-state index contributed by atoms with van der Waals surface area (Å²) < 4.78 is 0. The van der Waals surface area contributed by atoms with Crippen LogP contribution >= 0.6 is 11.3 Å². The quantitative estimate of drug-likeness (QED) is 0.661. The largest absolute Gasteiger partial charge is 0.384 e. The van der Waals surface area contributed by atoms with Crippen molar-refractivity contribution in [1.82, 2.24) is 19.8 Å². The summed E-state index contributed by atoms with van der Waals surface area (Å²) in [5.41, 5.74) is 5.19. The van der Waals surface area contributed by atoms with Crippen molar-refractivity contribution in [2.45, 2.75) is 38.5 Å². The number of rotatable bonds is 3. The lowest BCUT2D eigenvalue weighted by molar-refractivity contribution is -0.140. The van der Waals surface area contributed by atoms with Crippen LogP contribution in [0, 0.1) is 0 Å². The third-order valence-electron chi connectivity index (χ3n) is 6.26. The number of carbonyl (C=O) groups is 2. The van der Waals surface area contributed by atoms with E-state index in [1.165, 1.54) is 6.92 Å². The molecule has 3 amide bonds. The van der Waals surface area contributed by atoms with Gasteiger partial charge in [0.15, 0.2) is 0 Å². The van der Waals surface area contributed by atoms with Crippen molar-refractivity contribution in [2.75, 3.05) is 25.0 Å². The van der Waals surface area contributed by atoms with Crippen molar-refractivity contribution in [1.29, 1.82) is 0 Å². The highest BCUT2D eigenvalue weighted by Crippen LogP contribution is 2.38. The van der Waals surface area contributed by atoms with Crippen LogP contribution in [0.2, 0.25) is 0 Å². The Hall–Kier alpha value is -3.04. The van der Waals surface area contributed by atoms with Gasteiger partial charge in [0.2, 0.25) is 0 Å². The molecule has 5 heterocycles. The fraction of sp³-hybridized carbons (Fsp3) is 0.391. The van der Waals surface area contributed by atoms with E-state index in [9.17, 15) is 14.7 Å². The Morgan fingerprint density at radius 2 is 2.03 bits per heavy atom. The number of aliphatic hydroxyl groups is 1. The molecule has 1 fully saturated rings. The molecule has 9 heteroatoms. The van der Waals surface area contributed by atoms with Crippen LogP contribution in [0.4, 0.5) is 10.5 Å². The van der Waals surface area contributed by atoms with Crippen molar-refractivity contribution < 1.29 is 14.7 Å². The normalized spacial score (nSPS) is 18.2. The Bertz CT molecular complexity index is 1170. The number of thiophene rings is 1. The van der Waals surface area contributed by atoms with E-state index in [4.69, 9.17) is 4.98 Å². The second-order valence-electron chi connectivity index (χ2n) is 8.45. The Balaban J connectivity index is 1.55. The number of aliphatic hydroxyl groups excluding tert-OH is 1. The molecule has 1 atom stereocenters. The molecule has 2 aliphatic heterocycles. The number of fused-ring (bicyclic) bond motifs is 3. The van der Waals surface area contributed by atoms with Crippen LogP contribution in [-0.2, 0) is 11.3 Å². The van der Waals surface area contributed by atoms with Crippen LogP contribution in [-0.4, -0.2) is 69.1 Å². The molecule has 8 nitrogen and oxygen atoms in total. The molecule has 166 valence electrons. The van der Waals surface area contributed by atoms with E-state index in [1.807, 2.05) is 34.7 Å². The highest BCUT2D eigenvalue weighted by Gasteiger charge is 2.38. The SMILES string of the molecule is C[C@H](O)C(=O)N1CCC(N2C(=O)N(C)Cc3cnc4ccc(-c5ccsc5)nc4c32)CC1. The Morgan fingerprint density at radius 1 is 1.25 bits per heavy atom. The van der Waals surface area contributed by atoms with E-state index in [1.54, 1.807) is 28.2 Å². The van der Waals surface area contributed by atoms with Gasteiger partial charge in [0.05, 0.1) is 23.4 Å². The second-order valence-corrected chi connectivity index (χ2v) is 9.23. The number of amides is 3. The van der Waals surface area contributed by atoms with Crippen LogP contribution in [0.5, 0.6) is 0 Å². The number of hydrogen-bond acceptors (Lipinski definition) is 6. The molecule has 0 aliphatic carbocycles. The topological polar surface area (TPSA) is 89.9 Å². The minimum absolute atomic E-state index is 0.0562. The fourth-order valence-electron chi connectivity index (χ4n) is 4.60. The molecule has 0 bridgehead atoms. The van der Waals surface area contributed by atoms with E-state index < -0.39 is 6.10 Å². The zero-order valence-electron chi connectivity index (χ0n) is 18.1. The second kappa shape index (κ2) is 8.14. The highest BCUT2D eigenvalue weighted by atomic mass is 32.1. The van der Waals surface area contributed by atoms with Gasteiger partial charge in [0.25, 0.3) is 5.91 Å². The lowest BCUT2D eigenvalue weighted by atomic mass is 9.99. The van der Waals surface area contributed by atoms with Crippen LogP contribution in [0.15, 0.2) is 35.2 Å². The van der Waals surface area contributed by atoms with Crippen LogP contribution in [0.25, 0.3) is 22.3 Å². The predicted octanol–water partition coefficient (Wildman–Crippen LogP) is 3.10. The number of pyridine rings is 2. The Kier molecular flexibility index (Phi) is 5.30. The number of anilines is 1. The Labute approximate surface area is 190 Å². The minimum Gasteiger partial charge on any atom is -0.384 e. The van der Waals surface area contributed by atoms with E-state index in [0.717, 1.165) is 33.5 Å². The summed E-state index contributed by atoms with van der Waals surface area (Å²) in [4.78, 5) is 40.3. The van der Waals surface area contributed by atoms with Gasteiger partial charge in [-0.3, -0.25) is 14.7 Å². The van der Waals surface area contributed by atoms with Gasteiger partial charge in [-0.2, -0.15) is 11.3 Å². The van der Waals surface area contributed by atoms with Gasteiger partial charge in [0, 0.05) is 48.9 Å². The standard InChI is InChI=1S/C23H25N5O3S/c1-14(29)22(30)27-8-5-17(6-9-27)28-21-16(12-26(2)23(28)31)11-24-19-4-3-18(25-20(19)21)15-7-10-32-13-15/h3-4,7,10-11,13-14,17,29H,5-6,8-9,12H2,1-2H3/t14-/m0/s1. The van der Waals surface area contributed by atoms with Gasteiger partial charge < -0.3 is 14.9 Å². The van der Waals surface area contributed by atoms with Crippen molar-refractivity contribution >= 4 is 40.0 Å². The number of piperidine rings is 1. The maximum Gasteiger partial charge on any atom is 0.324 e. The van der Waals surface area contributed by atoms with Crippen molar-refractivity contribution in [3.8, 4) is 11.3 Å². The molecular weight excluding hydrogens is 426 g/mol. The summed E-state index contributed by atoms with van der Waals surface area (Å²) in [5, 5.41) is 13.7. The molecule has 32 heavy (non-hydrogen) atoms. The lowest BCUT2D eigenvalue weighted by Gasteiger charge is -2.43. The van der Waals surface area contributed by atoms with E-state index >= 15 is 0 Å². The maximum atomic E-state index is 13.4. The summed E-state index contributed by atoms with van der Waals surface area (Å²) in [6, 6.07) is 5.84. The first kappa shape index (κ1) is 20.8. The number of carbonyl (C=O) groups excluding carboxylic acids is 2. The van der Waals surface area contributed by atoms with E-state index in [0.29, 0.717) is 32.5 Å². The molecule has 0 radical (unpaired) electrons. The number of aromatic nitrogens is 2. The summed E-state index contributed by atoms with van der Waals surface area (Å²) in [7, 11) is 1.80. The zero-order valence-corrected chi connectivity index (χ0v) is 18.9. The van der Waals surface area contributed by atoms with Crippen molar-refractivity contribution in [3.05, 3.63) is 40.7 Å². The molecule has 0 saturated carbocycles. The zero-order chi connectivity index (χ0) is 22.4. The van der Waals surface area contributed by atoms with Crippen LogP contribution < -0.4 is 4.90 Å². The molecule has 2 aliphatic rings. The van der Waals surface area contributed by atoms with Crippen LogP contribution in [0.3, 0.4) is 0 Å². The first-order chi connectivity index (χ1) is 15.4. The molecule has 5 rings (SSSR count). The van der Waals surface area contributed by atoms with Gasteiger partial charge in [-0.15, -0.1) is 0 Å². The summed E-state index contributed by atoms with van der Waals surface area (Å²) >= 11 is 1.62. The first-order valence-corrected chi connectivity index (χ1v) is 11.7. The average molecular weight is 452 g/mol. The molecule has 3 aromatic rings. The molecule has 1 N–H and O–H groups in total. The summed E-state index contributed by atoms with van der Waals surface area (Å²) in [6.07, 6.45) is 2.12. The summed E-state index contributed by atoms with van der Waals surface area (Å²) in [6.45, 7) is 2.99. The molecular formula is C23H25N5O3S. The van der Waals surface area contributed by atoms with Gasteiger partial charge in [-0.25, -0.2) is 9.78 Å². The third kappa shape index (κ3) is 3.51. The molecule has 3 aromatic heterocycles. The molecule has 0 spiro atoms. The molecule has 1 saturated heterocycles.